The summed E-state index contributed by atoms with van der Waals surface area (Å²) in [5.74, 6) is 1.00. The summed E-state index contributed by atoms with van der Waals surface area (Å²) in [6, 6.07) is 39.3. The van der Waals surface area contributed by atoms with Crippen molar-refractivity contribution in [1.82, 2.24) is 0 Å². The minimum absolute atomic E-state index is 0.0609. The van der Waals surface area contributed by atoms with Gasteiger partial charge in [0.15, 0.2) is 0 Å². The first-order valence-electron chi connectivity index (χ1n) is 13.4. The highest BCUT2D eigenvalue weighted by Crippen LogP contribution is 2.47. The molecule has 5 heteroatoms. The van der Waals surface area contributed by atoms with E-state index in [0.29, 0.717) is 17.0 Å². The molecule has 192 valence electrons. The molecule has 0 bridgehead atoms. The summed E-state index contributed by atoms with van der Waals surface area (Å²) >= 11 is 0. The van der Waals surface area contributed by atoms with Gasteiger partial charge in [-0.05, 0) is 63.9 Å². The van der Waals surface area contributed by atoms with Gasteiger partial charge in [-0.2, -0.15) is 0 Å². The third-order valence-corrected chi connectivity index (χ3v) is 7.52. The summed E-state index contributed by atoms with van der Waals surface area (Å²) in [4.78, 5) is 4.79. The zero-order chi connectivity index (χ0) is 27.1. The lowest BCUT2D eigenvalue weighted by molar-refractivity contribution is 0.448. The molecule has 3 nitrogen and oxygen atoms in total. The van der Waals surface area contributed by atoms with Crippen LogP contribution in [-0.2, 0) is 0 Å². The fraction of sp³-hybridized carbons (Fsp3) is 0.0571. The van der Waals surface area contributed by atoms with Crippen molar-refractivity contribution in [3.05, 3.63) is 138 Å². The van der Waals surface area contributed by atoms with Gasteiger partial charge in [-0.15, -0.1) is 0 Å². The number of aliphatic imine (C=N–C) groups is 1. The number of nitrogens with zero attached hydrogens (tertiary/aromatic N) is 1. The van der Waals surface area contributed by atoms with Gasteiger partial charge in [0.2, 0.25) is 0 Å². The highest BCUT2D eigenvalue weighted by molar-refractivity contribution is 6.64. The van der Waals surface area contributed by atoms with Gasteiger partial charge in [-0.1, -0.05) is 97.1 Å². The van der Waals surface area contributed by atoms with Crippen LogP contribution < -0.4 is 14.8 Å². The van der Waals surface area contributed by atoms with Crippen LogP contribution in [0.25, 0.3) is 32.7 Å². The van der Waals surface area contributed by atoms with E-state index in [2.05, 4.69) is 36.4 Å². The molecule has 0 radical (unpaired) electrons. The Morgan fingerprint density at radius 1 is 0.675 bits per heavy atom. The van der Waals surface area contributed by atoms with Crippen molar-refractivity contribution < 1.29 is 13.7 Å². The van der Waals surface area contributed by atoms with Gasteiger partial charge in [0.1, 0.15) is 17.3 Å². The van der Waals surface area contributed by atoms with Gasteiger partial charge < -0.3 is 9.31 Å². The lowest BCUT2D eigenvalue weighted by atomic mass is 9.75. The minimum atomic E-state index is -0.883. The van der Waals surface area contributed by atoms with E-state index in [0.717, 1.165) is 43.8 Å². The number of benzene rings is 6. The van der Waals surface area contributed by atoms with E-state index in [-0.39, 0.29) is 11.9 Å². The third kappa shape index (κ3) is 4.30. The summed E-state index contributed by atoms with van der Waals surface area (Å²) in [5, 5.41) is 4.35. The number of fused-ring (bicyclic) bond motifs is 7. The number of halogens is 1. The summed E-state index contributed by atoms with van der Waals surface area (Å²) in [7, 11) is -0.883. The molecule has 0 unspecified atom stereocenters. The predicted molar refractivity (Wildman–Crippen MR) is 162 cm³/mol. The van der Waals surface area contributed by atoms with E-state index in [1.165, 1.54) is 12.1 Å². The molecule has 0 aliphatic carbocycles. The quantitative estimate of drug-likeness (QED) is 0.173. The van der Waals surface area contributed by atoms with E-state index in [9.17, 15) is 4.39 Å². The molecule has 0 amide bonds. The first-order valence-corrected chi connectivity index (χ1v) is 13.4. The molecule has 0 saturated carbocycles. The van der Waals surface area contributed by atoms with Crippen molar-refractivity contribution in [2.75, 3.05) is 0 Å². The molecule has 0 saturated heterocycles. The Balaban J connectivity index is 1.39. The normalized spacial score (nSPS) is 13.4. The Kier molecular flexibility index (Phi) is 6.05. The van der Waals surface area contributed by atoms with Crippen LogP contribution in [0.2, 0.25) is 0 Å². The van der Waals surface area contributed by atoms with E-state index < -0.39 is 7.12 Å². The smallest absolute Gasteiger partial charge is 0.521 e. The second-order valence-corrected chi connectivity index (χ2v) is 10.0. The zero-order valence-electron chi connectivity index (χ0n) is 21.9. The molecule has 0 spiro atoms. The largest absolute Gasteiger partial charge is 0.633 e. The Bertz CT molecular complexity index is 1820. The van der Waals surface area contributed by atoms with Gasteiger partial charge in [0.05, 0.1) is 6.04 Å². The molecule has 1 aliphatic rings. The number of hydrogen-bond acceptors (Lipinski definition) is 3. The maximum atomic E-state index is 14.7. The second-order valence-electron chi connectivity index (χ2n) is 10.0. The SMILES string of the molecule is C[C@@H](N=Cc1ccc(F)cc1B1Oc2ccc3ccccc3c2-c2c(ccc3ccccc23)O1)c1ccccc1. The molecule has 1 atom stereocenters. The average molecular weight is 521 g/mol. The Morgan fingerprint density at radius 3 is 1.88 bits per heavy atom. The topological polar surface area (TPSA) is 30.8 Å². The fourth-order valence-electron chi connectivity index (χ4n) is 5.47. The van der Waals surface area contributed by atoms with Crippen LogP contribution in [0.1, 0.15) is 24.1 Å². The fourth-order valence-corrected chi connectivity index (χ4v) is 5.47. The molecule has 0 N–H and O–H groups in total. The first kappa shape index (κ1) is 24.2. The summed E-state index contributed by atoms with van der Waals surface area (Å²) < 4.78 is 28.0. The van der Waals surface area contributed by atoms with E-state index >= 15 is 0 Å². The third-order valence-electron chi connectivity index (χ3n) is 7.52. The highest BCUT2D eigenvalue weighted by Gasteiger charge is 2.35. The van der Waals surface area contributed by atoms with Crippen LogP contribution in [0.5, 0.6) is 11.5 Å². The molecule has 6 aromatic rings. The van der Waals surface area contributed by atoms with Crippen molar-refractivity contribution in [1.29, 1.82) is 0 Å². The van der Waals surface area contributed by atoms with Gasteiger partial charge in [-0.3, -0.25) is 4.99 Å². The molecular formula is C35H25BFNO2. The van der Waals surface area contributed by atoms with Gasteiger partial charge in [0, 0.05) is 22.8 Å². The molecule has 40 heavy (non-hydrogen) atoms. The predicted octanol–water partition coefficient (Wildman–Crippen LogP) is 8.15. The van der Waals surface area contributed by atoms with Crippen LogP contribution in [0.3, 0.4) is 0 Å². The van der Waals surface area contributed by atoms with Crippen LogP contribution >= 0.6 is 0 Å². The van der Waals surface area contributed by atoms with Crippen LogP contribution in [0, 0.1) is 5.82 Å². The van der Waals surface area contributed by atoms with Crippen LogP contribution in [0.4, 0.5) is 4.39 Å². The maximum absolute atomic E-state index is 14.7. The van der Waals surface area contributed by atoms with Crippen molar-refractivity contribution in [3.63, 3.8) is 0 Å². The molecular weight excluding hydrogens is 496 g/mol. The minimum Gasteiger partial charge on any atom is -0.521 e. The maximum Gasteiger partial charge on any atom is 0.633 e. The Labute approximate surface area is 232 Å². The summed E-state index contributed by atoms with van der Waals surface area (Å²) in [6.07, 6.45) is 1.78. The van der Waals surface area contributed by atoms with Gasteiger partial charge >= 0.3 is 7.12 Å². The van der Waals surface area contributed by atoms with Crippen molar-refractivity contribution >= 4 is 40.3 Å². The van der Waals surface area contributed by atoms with Crippen molar-refractivity contribution in [3.8, 4) is 22.6 Å². The highest BCUT2D eigenvalue weighted by atomic mass is 19.1. The van der Waals surface area contributed by atoms with E-state index in [1.54, 1.807) is 12.3 Å². The molecule has 1 heterocycles. The zero-order valence-corrected chi connectivity index (χ0v) is 21.9. The molecule has 6 aromatic carbocycles. The average Bonchev–Trinajstić information content (AvgIpc) is 3.18. The lowest BCUT2D eigenvalue weighted by Gasteiger charge is -2.17. The Morgan fingerprint density at radius 2 is 1.25 bits per heavy atom. The van der Waals surface area contributed by atoms with Crippen molar-refractivity contribution in [2.45, 2.75) is 13.0 Å². The molecule has 0 aromatic heterocycles. The van der Waals surface area contributed by atoms with E-state index in [1.807, 2.05) is 73.7 Å². The molecule has 7 rings (SSSR count). The summed E-state index contributed by atoms with van der Waals surface area (Å²) in [6.45, 7) is 2.04. The molecule has 0 fully saturated rings. The van der Waals surface area contributed by atoms with Crippen molar-refractivity contribution in [2.24, 2.45) is 4.99 Å². The molecule has 1 aliphatic heterocycles. The second kappa shape index (κ2) is 10.0. The monoisotopic (exact) mass is 521 g/mol. The number of hydrogen-bond donors (Lipinski definition) is 0. The van der Waals surface area contributed by atoms with E-state index in [4.69, 9.17) is 14.3 Å². The standard InChI is InChI=1S/C35H25BFNO2/c1-23(24-9-3-2-4-10-24)38-22-27-15-18-28(37)21-31(27)36-39-32-19-16-25-11-5-7-13-29(25)34(32)35-30-14-8-6-12-26(30)17-20-33(35)40-36/h2-23H,1H3/t23-/m1/s1. The summed E-state index contributed by atoms with van der Waals surface area (Å²) in [5.41, 5.74) is 4.35. The van der Waals surface area contributed by atoms with Gasteiger partial charge in [-0.25, -0.2) is 4.39 Å². The van der Waals surface area contributed by atoms with Gasteiger partial charge in [0.25, 0.3) is 0 Å². The van der Waals surface area contributed by atoms with Crippen LogP contribution in [-0.4, -0.2) is 13.3 Å². The number of rotatable bonds is 4. The first-order chi connectivity index (χ1) is 19.7. The Hall–Kier alpha value is -4.90. The lowest BCUT2D eigenvalue weighted by Crippen LogP contribution is -2.44. The van der Waals surface area contributed by atoms with Crippen LogP contribution in [0.15, 0.2) is 126 Å².